The number of amides is 1. The van der Waals surface area contributed by atoms with Crippen molar-refractivity contribution < 1.29 is 19.1 Å². The molecule has 0 bridgehead atoms. The number of likely N-dealkylation sites (tertiary alicyclic amines) is 1. The van der Waals surface area contributed by atoms with Crippen molar-refractivity contribution >= 4 is 25.4 Å². The molecule has 1 saturated carbocycles. The fourth-order valence-corrected chi connectivity index (χ4v) is 2.86. The van der Waals surface area contributed by atoms with E-state index in [1.807, 2.05) is 0 Å². The van der Waals surface area contributed by atoms with Crippen molar-refractivity contribution in [1.82, 2.24) is 4.90 Å². The van der Waals surface area contributed by atoms with Gasteiger partial charge in [0.05, 0.1) is 6.61 Å². The van der Waals surface area contributed by atoms with Gasteiger partial charge in [0.15, 0.2) is 5.81 Å². The number of hydrogen-bond acceptors (Lipinski definition) is 4. The van der Waals surface area contributed by atoms with Gasteiger partial charge in [0.2, 0.25) is 7.85 Å². The zero-order chi connectivity index (χ0) is 12.6. The van der Waals surface area contributed by atoms with Crippen molar-refractivity contribution in [3.05, 3.63) is 0 Å². The Morgan fingerprint density at radius 3 is 2.82 bits per heavy atom. The minimum absolute atomic E-state index is 0.117. The van der Waals surface area contributed by atoms with Gasteiger partial charge in [-0.15, -0.1) is 0 Å². The van der Waals surface area contributed by atoms with E-state index >= 15 is 0 Å². The number of carbonyl (C=O) groups excluding carboxylic acids is 3. The van der Waals surface area contributed by atoms with Crippen LogP contribution in [0.4, 0.5) is 4.79 Å². The largest absolute Gasteiger partial charge is 0.464 e. The average Bonchev–Trinajstić information content (AvgIpc) is 2.79. The first-order valence-corrected chi connectivity index (χ1v) is 5.81. The summed E-state index contributed by atoms with van der Waals surface area (Å²) in [5.41, 5.74) is 0. The van der Waals surface area contributed by atoms with Crippen LogP contribution in [-0.4, -0.2) is 49.5 Å². The smallest absolute Gasteiger partial charge is 0.329 e. The van der Waals surface area contributed by atoms with E-state index in [9.17, 15) is 14.4 Å². The molecular formula is C11H14BNO4. The van der Waals surface area contributed by atoms with Crippen molar-refractivity contribution in [2.75, 3.05) is 13.2 Å². The van der Waals surface area contributed by atoms with Gasteiger partial charge in [-0.05, 0) is 13.3 Å². The molecule has 6 heteroatoms. The number of ketones is 1. The van der Waals surface area contributed by atoms with E-state index in [-0.39, 0.29) is 30.8 Å². The van der Waals surface area contributed by atoms with Crippen LogP contribution in [0, 0.1) is 11.8 Å². The second kappa shape index (κ2) is 4.51. The highest BCUT2D eigenvalue weighted by atomic mass is 16.5. The molecule has 90 valence electrons. The van der Waals surface area contributed by atoms with Gasteiger partial charge in [0, 0.05) is 24.8 Å². The maximum absolute atomic E-state index is 11.8. The molecule has 2 rings (SSSR count). The zero-order valence-electron chi connectivity index (χ0n) is 9.72. The molecule has 1 heterocycles. The van der Waals surface area contributed by atoms with Crippen LogP contribution in [0.25, 0.3) is 0 Å². The van der Waals surface area contributed by atoms with E-state index in [0.29, 0.717) is 12.8 Å². The van der Waals surface area contributed by atoms with Crippen LogP contribution in [-0.2, 0) is 14.3 Å². The molecule has 1 saturated heterocycles. The molecule has 2 radical (unpaired) electrons. The standard InChI is InChI=1S/C11H14BNO4/c1-2-17-10(15)9-6-3-4-8(14)7(6)5-13(9)11(12)16/h6-7,9H,2-5H2,1H3/t6-,7-,9+/m0/s1. The number of nitrogens with zero attached hydrogens (tertiary/aromatic N) is 1. The Labute approximate surface area is 101 Å². The summed E-state index contributed by atoms with van der Waals surface area (Å²) in [6.45, 7) is 2.22. The summed E-state index contributed by atoms with van der Waals surface area (Å²) < 4.78 is 4.95. The molecule has 1 amide bonds. The Morgan fingerprint density at radius 1 is 1.53 bits per heavy atom. The fraction of sp³-hybridized carbons (Fsp3) is 0.727. The Kier molecular flexibility index (Phi) is 3.22. The van der Waals surface area contributed by atoms with Crippen LogP contribution >= 0.6 is 0 Å². The van der Waals surface area contributed by atoms with Crippen molar-refractivity contribution in [2.24, 2.45) is 11.8 Å². The minimum atomic E-state index is -0.677. The Balaban J connectivity index is 2.22. The van der Waals surface area contributed by atoms with Gasteiger partial charge in [-0.2, -0.15) is 0 Å². The zero-order valence-corrected chi connectivity index (χ0v) is 9.72. The van der Waals surface area contributed by atoms with E-state index in [4.69, 9.17) is 12.6 Å². The lowest BCUT2D eigenvalue weighted by atomic mass is 9.93. The molecule has 0 aromatic carbocycles. The number of carbonyl (C=O) groups is 3. The number of fused-ring (bicyclic) bond motifs is 1. The maximum Gasteiger partial charge on any atom is 0.329 e. The van der Waals surface area contributed by atoms with Gasteiger partial charge < -0.3 is 9.64 Å². The van der Waals surface area contributed by atoms with Crippen LogP contribution in [0.2, 0.25) is 0 Å². The van der Waals surface area contributed by atoms with Crippen molar-refractivity contribution in [1.29, 1.82) is 0 Å². The molecule has 2 fully saturated rings. The van der Waals surface area contributed by atoms with Gasteiger partial charge in [-0.25, -0.2) is 4.79 Å². The number of ether oxygens (including phenoxy) is 1. The number of hydrogen-bond donors (Lipinski definition) is 0. The normalized spacial score (nSPS) is 31.5. The monoisotopic (exact) mass is 235 g/mol. The molecule has 0 spiro atoms. The van der Waals surface area contributed by atoms with Crippen LogP contribution in [0.5, 0.6) is 0 Å². The van der Waals surface area contributed by atoms with E-state index < -0.39 is 17.8 Å². The van der Waals surface area contributed by atoms with E-state index in [0.717, 1.165) is 0 Å². The predicted octanol–water partition coefficient (Wildman–Crippen LogP) is 0.117. The van der Waals surface area contributed by atoms with Gasteiger partial charge in [-0.3, -0.25) is 9.59 Å². The highest BCUT2D eigenvalue weighted by molar-refractivity contribution is 6.57. The van der Waals surface area contributed by atoms with Gasteiger partial charge >= 0.3 is 5.97 Å². The lowest BCUT2D eigenvalue weighted by Gasteiger charge is -2.25. The second-order valence-corrected chi connectivity index (χ2v) is 4.46. The predicted molar refractivity (Wildman–Crippen MR) is 59.5 cm³/mol. The van der Waals surface area contributed by atoms with Crippen LogP contribution < -0.4 is 0 Å². The maximum atomic E-state index is 11.8. The Hall–Kier alpha value is -1.33. The molecule has 17 heavy (non-hydrogen) atoms. The topological polar surface area (TPSA) is 63.7 Å². The average molecular weight is 235 g/mol. The third kappa shape index (κ3) is 1.96. The highest BCUT2D eigenvalue weighted by Gasteiger charge is 2.52. The van der Waals surface area contributed by atoms with Crippen molar-refractivity contribution in [3.63, 3.8) is 0 Å². The van der Waals surface area contributed by atoms with Crippen LogP contribution in [0.1, 0.15) is 19.8 Å². The van der Waals surface area contributed by atoms with Crippen LogP contribution in [0.15, 0.2) is 0 Å². The Bertz CT molecular complexity index is 370. The first kappa shape index (κ1) is 12.1. The molecule has 1 aliphatic carbocycles. The number of esters is 1. The second-order valence-electron chi connectivity index (χ2n) is 4.46. The number of rotatable bonds is 2. The minimum Gasteiger partial charge on any atom is -0.464 e. The summed E-state index contributed by atoms with van der Waals surface area (Å²) >= 11 is 0. The van der Waals surface area contributed by atoms with Gasteiger partial charge in [-0.1, -0.05) is 0 Å². The SMILES string of the molecule is [B]C(=O)N1C[C@@H]2C(=O)CC[C@@H]2[C@@H]1C(=O)OCC. The van der Waals surface area contributed by atoms with Gasteiger partial charge in [0.1, 0.15) is 11.8 Å². The quantitative estimate of drug-likeness (QED) is 0.503. The molecule has 2 aliphatic rings. The molecule has 0 unspecified atom stereocenters. The van der Waals surface area contributed by atoms with E-state index in [1.54, 1.807) is 6.92 Å². The first-order chi connectivity index (χ1) is 8.06. The molecular weight excluding hydrogens is 221 g/mol. The highest BCUT2D eigenvalue weighted by Crippen LogP contribution is 2.40. The first-order valence-electron chi connectivity index (χ1n) is 5.81. The summed E-state index contributed by atoms with van der Waals surface area (Å²) in [5.74, 6) is -1.35. The molecule has 0 N–H and O–H groups in total. The van der Waals surface area contributed by atoms with E-state index in [2.05, 4.69) is 0 Å². The summed E-state index contributed by atoms with van der Waals surface area (Å²) in [7, 11) is 5.24. The molecule has 0 aromatic heterocycles. The summed E-state index contributed by atoms with van der Waals surface area (Å²) in [6.07, 6.45) is 1.12. The van der Waals surface area contributed by atoms with Crippen LogP contribution in [0.3, 0.4) is 0 Å². The Morgan fingerprint density at radius 2 is 2.24 bits per heavy atom. The van der Waals surface area contributed by atoms with Gasteiger partial charge in [0.25, 0.3) is 0 Å². The van der Waals surface area contributed by atoms with Crippen molar-refractivity contribution in [2.45, 2.75) is 25.8 Å². The molecule has 0 aromatic rings. The molecule has 3 atom stereocenters. The lowest BCUT2D eigenvalue weighted by molar-refractivity contribution is -0.148. The van der Waals surface area contributed by atoms with E-state index in [1.165, 1.54) is 4.90 Å². The van der Waals surface area contributed by atoms with Crippen molar-refractivity contribution in [3.8, 4) is 0 Å². The fourth-order valence-electron chi connectivity index (χ4n) is 2.86. The number of Topliss-reactive ketones (excluding diaryl/α,β-unsaturated/α-hetero) is 1. The third-order valence-corrected chi connectivity index (χ3v) is 3.60. The third-order valence-electron chi connectivity index (χ3n) is 3.60. The lowest BCUT2D eigenvalue weighted by Crippen LogP contribution is -2.43. The molecule has 5 nitrogen and oxygen atoms in total. The summed E-state index contributed by atoms with van der Waals surface area (Å²) in [6, 6.07) is -0.677. The summed E-state index contributed by atoms with van der Waals surface area (Å²) in [4.78, 5) is 36.0. The summed E-state index contributed by atoms with van der Waals surface area (Å²) in [5, 5.41) is 0. The molecule has 1 aliphatic heterocycles.